The fourth-order valence-corrected chi connectivity index (χ4v) is 3.47. The predicted octanol–water partition coefficient (Wildman–Crippen LogP) is 2.64. The lowest BCUT2D eigenvalue weighted by atomic mass is 10.0. The first kappa shape index (κ1) is 10.3. The number of hydrogen-bond donors (Lipinski definition) is 0. The number of hydrogen-bond acceptors (Lipinski definition) is 1. The van der Waals surface area contributed by atoms with E-state index in [2.05, 4.69) is 6.92 Å². The summed E-state index contributed by atoms with van der Waals surface area (Å²) in [4.78, 5) is 0. The maximum Gasteiger partial charge on any atom is 0.164 e. The van der Waals surface area contributed by atoms with Gasteiger partial charge in [0.05, 0.1) is 0 Å². The van der Waals surface area contributed by atoms with Crippen LogP contribution in [0.25, 0.3) is 0 Å². The van der Waals surface area contributed by atoms with E-state index in [9.17, 15) is 0 Å². The lowest BCUT2D eigenvalue weighted by molar-refractivity contribution is 0.311. The van der Waals surface area contributed by atoms with Gasteiger partial charge in [-0.3, -0.25) is 0 Å². The molecule has 0 amide bonds. The van der Waals surface area contributed by atoms with Crippen LogP contribution in [-0.2, 0) is 4.43 Å². The first-order valence-corrected chi connectivity index (χ1v) is 6.90. The molecule has 0 atom stereocenters. The second-order valence-corrected chi connectivity index (χ2v) is 5.83. The van der Waals surface area contributed by atoms with Crippen LogP contribution in [0.3, 0.4) is 0 Å². The highest BCUT2D eigenvalue weighted by Gasteiger charge is 2.13. The third-order valence-corrected chi connectivity index (χ3v) is 4.53. The van der Waals surface area contributed by atoms with Crippen LogP contribution in [0.2, 0.25) is 5.54 Å². The molecule has 0 radical (unpaired) electrons. The molecule has 0 saturated heterocycles. The molecule has 0 heterocycles. The van der Waals surface area contributed by atoms with Crippen molar-refractivity contribution < 1.29 is 4.43 Å². The molecule has 0 N–H and O–H groups in total. The predicted molar refractivity (Wildman–Crippen MR) is 56.2 cm³/mol. The van der Waals surface area contributed by atoms with E-state index in [1.54, 1.807) is 0 Å². The van der Waals surface area contributed by atoms with Crippen molar-refractivity contribution in [2.75, 3.05) is 6.61 Å². The molecule has 0 aliphatic heterocycles. The third kappa shape index (κ3) is 4.26. The Hall–Kier alpha value is 0.177. The molecule has 0 aromatic rings. The van der Waals surface area contributed by atoms with Gasteiger partial charge in [-0.1, -0.05) is 45.4 Å². The Bertz CT molecular complexity index is 100. The van der Waals surface area contributed by atoms with Gasteiger partial charge in [0.25, 0.3) is 0 Å². The molecule has 1 aliphatic rings. The van der Waals surface area contributed by atoms with Gasteiger partial charge in [-0.25, -0.2) is 0 Å². The number of rotatable bonds is 5. The third-order valence-electron chi connectivity index (χ3n) is 2.72. The first-order valence-electron chi connectivity index (χ1n) is 5.51. The minimum Gasteiger partial charge on any atom is -0.424 e. The van der Waals surface area contributed by atoms with Crippen molar-refractivity contribution in [3.05, 3.63) is 0 Å². The van der Waals surface area contributed by atoms with Crippen LogP contribution >= 0.6 is 0 Å². The van der Waals surface area contributed by atoms with Crippen LogP contribution in [-0.4, -0.2) is 16.4 Å². The van der Waals surface area contributed by atoms with E-state index in [-0.39, 0.29) is 9.76 Å². The maximum absolute atomic E-state index is 5.75. The minimum absolute atomic E-state index is 0.155. The Balaban J connectivity index is 1.91. The zero-order valence-corrected chi connectivity index (χ0v) is 9.76. The molecular weight excluding hydrogens is 164 g/mol. The monoisotopic (exact) mass is 186 g/mol. The summed E-state index contributed by atoms with van der Waals surface area (Å²) in [6.45, 7) is 3.27. The summed E-state index contributed by atoms with van der Waals surface area (Å²) in [6, 6.07) is 0. The zero-order chi connectivity index (χ0) is 8.65. The maximum atomic E-state index is 5.75. The molecule has 0 bridgehead atoms. The highest BCUT2D eigenvalue weighted by atomic mass is 28.2. The van der Waals surface area contributed by atoms with E-state index in [1.165, 1.54) is 44.9 Å². The molecule has 2 heteroatoms. The molecule has 1 fully saturated rings. The van der Waals surface area contributed by atoms with Crippen molar-refractivity contribution in [1.29, 1.82) is 0 Å². The molecule has 0 aromatic carbocycles. The average molecular weight is 186 g/mol. The fourth-order valence-electron chi connectivity index (χ4n) is 1.85. The highest BCUT2D eigenvalue weighted by Crippen LogP contribution is 2.27. The SMILES string of the molecule is CCCCO[SiH2]C1CCCCC1. The summed E-state index contributed by atoms with van der Waals surface area (Å²) >= 11 is 0. The van der Waals surface area contributed by atoms with E-state index in [0.29, 0.717) is 0 Å². The van der Waals surface area contributed by atoms with Gasteiger partial charge in [-0.05, 0) is 12.0 Å². The topological polar surface area (TPSA) is 9.23 Å². The first-order chi connectivity index (χ1) is 5.93. The summed E-state index contributed by atoms with van der Waals surface area (Å²) in [5.41, 5.74) is 1.02. The minimum atomic E-state index is -0.155. The van der Waals surface area contributed by atoms with Gasteiger partial charge in [0.1, 0.15) is 0 Å². The molecule has 0 spiro atoms. The van der Waals surface area contributed by atoms with Gasteiger partial charge < -0.3 is 4.43 Å². The average Bonchev–Trinajstić information content (AvgIpc) is 2.14. The summed E-state index contributed by atoms with van der Waals surface area (Å²) in [7, 11) is -0.155. The number of unbranched alkanes of at least 4 members (excludes halogenated alkanes) is 1. The Morgan fingerprint density at radius 2 is 2.00 bits per heavy atom. The molecule has 0 aromatic heterocycles. The molecule has 1 rings (SSSR count). The second kappa shape index (κ2) is 6.67. The van der Waals surface area contributed by atoms with Gasteiger partial charge in [0, 0.05) is 6.61 Å². The quantitative estimate of drug-likeness (QED) is 0.474. The lowest BCUT2D eigenvalue weighted by Crippen LogP contribution is -2.12. The molecular formula is C10H22OSi. The van der Waals surface area contributed by atoms with Gasteiger partial charge >= 0.3 is 0 Å². The highest BCUT2D eigenvalue weighted by molar-refractivity contribution is 6.29. The Labute approximate surface area is 78.8 Å². The van der Waals surface area contributed by atoms with Crippen molar-refractivity contribution >= 4 is 9.76 Å². The molecule has 12 heavy (non-hydrogen) atoms. The fraction of sp³-hybridized carbons (Fsp3) is 1.00. The van der Waals surface area contributed by atoms with Crippen LogP contribution in [0, 0.1) is 0 Å². The summed E-state index contributed by atoms with van der Waals surface area (Å²) < 4.78 is 5.75. The van der Waals surface area contributed by atoms with Crippen molar-refractivity contribution in [3.63, 3.8) is 0 Å². The van der Waals surface area contributed by atoms with Gasteiger partial charge in [0.2, 0.25) is 0 Å². The molecule has 1 nitrogen and oxygen atoms in total. The molecule has 72 valence electrons. The molecule has 1 saturated carbocycles. The summed E-state index contributed by atoms with van der Waals surface area (Å²) in [5, 5.41) is 0. The van der Waals surface area contributed by atoms with Gasteiger partial charge in [-0.15, -0.1) is 0 Å². The summed E-state index contributed by atoms with van der Waals surface area (Å²) in [5.74, 6) is 0. The van der Waals surface area contributed by atoms with Gasteiger partial charge in [0.15, 0.2) is 9.76 Å². The van der Waals surface area contributed by atoms with Crippen LogP contribution in [0.15, 0.2) is 0 Å². The molecule has 1 aliphatic carbocycles. The van der Waals surface area contributed by atoms with E-state index >= 15 is 0 Å². The van der Waals surface area contributed by atoms with Crippen molar-refractivity contribution in [3.8, 4) is 0 Å². The van der Waals surface area contributed by atoms with E-state index in [1.807, 2.05) is 0 Å². The van der Waals surface area contributed by atoms with E-state index < -0.39 is 0 Å². The van der Waals surface area contributed by atoms with Crippen molar-refractivity contribution in [2.45, 2.75) is 57.4 Å². The van der Waals surface area contributed by atoms with Gasteiger partial charge in [-0.2, -0.15) is 0 Å². The Morgan fingerprint density at radius 3 is 2.67 bits per heavy atom. The van der Waals surface area contributed by atoms with Crippen LogP contribution in [0.1, 0.15) is 51.9 Å². The zero-order valence-electron chi connectivity index (χ0n) is 8.35. The normalized spacial score (nSPS) is 20.8. The molecule has 0 unspecified atom stereocenters. The Kier molecular flexibility index (Phi) is 5.70. The second-order valence-electron chi connectivity index (χ2n) is 3.93. The smallest absolute Gasteiger partial charge is 0.164 e. The van der Waals surface area contributed by atoms with Crippen LogP contribution < -0.4 is 0 Å². The van der Waals surface area contributed by atoms with Crippen molar-refractivity contribution in [1.82, 2.24) is 0 Å². The van der Waals surface area contributed by atoms with E-state index in [4.69, 9.17) is 4.43 Å². The summed E-state index contributed by atoms with van der Waals surface area (Å²) in [6.07, 6.45) is 9.89. The van der Waals surface area contributed by atoms with Crippen LogP contribution in [0.5, 0.6) is 0 Å². The Morgan fingerprint density at radius 1 is 1.25 bits per heavy atom. The lowest BCUT2D eigenvalue weighted by Gasteiger charge is -2.20. The van der Waals surface area contributed by atoms with E-state index in [0.717, 1.165) is 12.1 Å². The standard InChI is InChI=1S/C10H22OSi/c1-2-3-9-11-12-10-7-5-4-6-8-10/h10H,2-9,12H2,1H3. The van der Waals surface area contributed by atoms with Crippen LogP contribution in [0.4, 0.5) is 0 Å². The van der Waals surface area contributed by atoms with Crippen molar-refractivity contribution in [2.24, 2.45) is 0 Å². The largest absolute Gasteiger partial charge is 0.424 e.